The number of alkyl halides is 4. The third-order valence-electron chi connectivity index (χ3n) is 2.30. The molecule has 0 aliphatic heterocycles. The zero-order valence-corrected chi connectivity index (χ0v) is 9.58. The highest BCUT2D eigenvalue weighted by molar-refractivity contribution is 6.21. The molecule has 1 aromatic carbocycles. The molecule has 1 atom stereocenters. The van der Waals surface area contributed by atoms with Crippen LogP contribution in [0.4, 0.5) is 17.6 Å². The first kappa shape index (κ1) is 12.9. The number of hydrogen-bond acceptors (Lipinski definition) is 1. The van der Waals surface area contributed by atoms with E-state index in [0.29, 0.717) is 5.69 Å². The molecule has 1 unspecified atom stereocenters. The maximum atomic E-state index is 13.8. The average molecular weight is 279 g/mol. The SMILES string of the molecule is Fc1c(C(Cl)C(F)(F)F)cnn1-c1ccccc1. The zero-order valence-electron chi connectivity index (χ0n) is 8.83. The summed E-state index contributed by atoms with van der Waals surface area (Å²) in [6.07, 6.45) is -3.93. The Hall–Kier alpha value is -1.56. The molecule has 2 rings (SSSR count). The summed E-state index contributed by atoms with van der Waals surface area (Å²) in [4.78, 5) is 0. The fourth-order valence-corrected chi connectivity index (χ4v) is 1.59. The highest BCUT2D eigenvalue weighted by atomic mass is 35.5. The van der Waals surface area contributed by atoms with Crippen LogP contribution in [0.2, 0.25) is 0 Å². The highest BCUT2D eigenvalue weighted by Crippen LogP contribution is 2.39. The third-order valence-corrected chi connectivity index (χ3v) is 2.78. The molecule has 1 heterocycles. The van der Waals surface area contributed by atoms with E-state index in [-0.39, 0.29) is 0 Å². The van der Waals surface area contributed by atoms with Crippen molar-refractivity contribution in [3.05, 3.63) is 48.0 Å². The maximum Gasteiger partial charge on any atom is 0.409 e. The number of hydrogen-bond donors (Lipinski definition) is 0. The largest absolute Gasteiger partial charge is 0.409 e. The van der Waals surface area contributed by atoms with Crippen LogP contribution in [-0.2, 0) is 0 Å². The summed E-state index contributed by atoms with van der Waals surface area (Å²) in [7, 11) is 0. The summed E-state index contributed by atoms with van der Waals surface area (Å²) >= 11 is 5.17. The van der Waals surface area contributed by atoms with Crippen LogP contribution in [0.1, 0.15) is 10.9 Å². The predicted octanol–water partition coefficient (Wildman–Crippen LogP) is 3.85. The molecule has 0 aliphatic carbocycles. The zero-order chi connectivity index (χ0) is 13.3. The molecule has 18 heavy (non-hydrogen) atoms. The van der Waals surface area contributed by atoms with Crippen molar-refractivity contribution in [1.82, 2.24) is 9.78 Å². The minimum Gasteiger partial charge on any atom is -0.206 e. The van der Waals surface area contributed by atoms with Crippen LogP contribution in [0.5, 0.6) is 0 Å². The average Bonchev–Trinajstić information content (AvgIpc) is 2.70. The quantitative estimate of drug-likeness (QED) is 0.602. The third kappa shape index (κ3) is 2.33. The van der Waals surface area contributed by atoms with Crippen LogP contribution in [0, 0.1) is 5.95 Å². The van der Waals surface area contributed by atoms with Crippen LogP contribution < -0.4 is 0 Å². The summed E-state index contributed by atoms with van der Waals surface area (Å²) in [5, 5.41) is 1.17. The number of para-hydroxylation sites is 1. The lowest BCUT2D eigenvalue weighted by molar-refractivity contribution is -0.132. The Bertz CT molecular complexity index is 536. The monoisotopic (exact) mass is 278 g/mol. The Kier molecular flexibility index (Phi) is 3.30. The highest BCUT2D eigenvalue weighted by Gasteiger charge is 2.42. The van der Waals surface area contributed by atoms with Gasteiger partial charge in [0.25, 0.3) is 0 Å². The molecule has 0 fully saturated rings. The molecule has 0 aliphatic rings. The van der Waals surface area contributed by atoms with Crippen molar-refractivity contribution in [2.45, 2.75) is 11.6 Å². The van der Waals surface area contributed by atoms with E-state index < -0.39 is 23.1 Å². The molecule has 0 spiro atoms. The molecular formula is C11H7ClF4N2. The molecule has 2 aromatic rings. The van der Waals surface area contributed by atoms with Gasteiger partial charge in [0, 0.05) is 0 Å². The van der Waals surface area contributed by atoms with Gasteiger partial charge in [-0.1, -0.05) is 18.2 Å². The van der Waals surface area contributed by atoms with Crippen LogP contribution in [0.15, 0.2) is 36.5 Å². The number of rotatable bonds is 2. The van der Waals surface area contributed by atoms with Crippen LogP contribution in [-0.4, -0.2) is 16.0 Å². The van der Waals surface area contributed by atoms with Gasteiger partial charge in [0.2, 0.25) is 5.95 Å². The van der Waals surface area contributed by atoms with E-state index >= 15 is 0 Å². The van der Waals surface area contributed by atoms with E-state index in [9.17, 15) is 17.6 Å². The summed E-state index contributed by atoms with van der Waals surface area (Å²) in [5.74, 6) is -1.11. The van der Waals surface area contributed by atoms with E-state index in [2.05, 4.69) is 5.10 Å². The summed E-state index contributed by atoms with van der Waals surface area (Å²) in [5.41, 5.74) is -0.361. The molecule has 0 amide bonds. The van der Waals surface area contributed by atoms with E-state index in [0.717, 1.165) is 10.9 Å². The van der Waals surface area contributed by atoms with E-state index in [1.807, 2.05) is 0 Å². The Labute approximate surface area is 105 Å². The van der Waals surface area contributed by atoms with Crippen LogP contribution in [0.3, 0.4) is 0 Å². The molecule has 96 valence electrons. The van der Waals surface area contributed by atoms with Crippen molar-refractivity contribution in [3.63, 3.8) is 0 Å². The van der Waals surface area contributed by atoms with Crippen molar-refractivity contribution < 1.29 is 17.6 Å². The molecule has 2 nitrogen and oxygen atoms in total. The first-order valence-electron chi connectivity index (χ1n) is 4.91. The van der Waals surface area contributed by atoms with E-state index in [1.54, 1.807) is 18.2 Å². The van der Waals surface area contributed by atoms with Crippen molar-refractivity contribution in [3.8, 4) is 5.69 Å². The summed E-state index contributed by atoms with van der Waals surface area (Å²) < 4.78 is 51.8. The molecule has 0 radical (unpaired) electrons. The second-order valence-electron chi connectivity index (χ2n) is 3.54. The van der Waals surface area contributed by atoms with Gasteiger partial charge < -0.3 is 0 Å². The topological polar surface area (TPSA) is 17.8 Å². The van der Waals surface area contributed by atoms with E-state index in [4.69, 9.17) is 11.6 Å². The Morgan fingerprint density at radius 1 is 1.17 bits per heavy atom. The Balaban J connectivity index is 2.42. The standard InChI is InChI=1S/C11H7ClF4N2/c12-9(11(14,15)16)8-6-17-18(10(8)13)7-4-2-1-3-5-7/h1-6,9H. The van der Waals surface area contributed by atoms with Gasteiger partial charge in [0.1, 0.15) is 0 Å². The van der Waals surface area contributed by atoms with Crippen LogP contribution >= 0.6 is 11.6 Å². The normalized spacial score (nSPS) is 13.6. The van der Waals surface area contributed by atoms with Crippen molar-refractivity contribution >= 4 is 11.6 Å². The van der Waals surface area contributed by atoms with Gasteiger partial charge in [0.05, 0.1) is 17.4 Å². The summed E-state index contributed by atoms with van der Waals surface area (Å²) in [6, 6.07) is 8.00. The number of aromatic nitrogens is 2. The maximum absolute atomic E-state index is 13.8. The van der Waals surface area contributed by atoms with Gasteiger partial charge in [-0.25, -0.2) is 4.68 Å². The molecule has 1 aromatic heterocycles. The smallest absolute Gasteiger partial charge is 0.206 e. The minimum absolute atomic E-state index is 0.326. The van der Waals surface area contributed by atoms with Gasteiger partial charge >= 0.3 is 6.18 Å². The second-order valence-corrected chi connectivity index (χ2v) is 3.98. The van der Waals surface area contributed by atoms with Gasteiger partial charge in [-0.05, 0) is 12.1 Å². The molecule has 0 saturated heterocycles. The van der Waals surface area contributed by atoms with Crippen molar-refractivity contribution in [1.29, 1.82) is 0 Å². The lowest BCUT2D eigenvalue weighted by Crippen LogP contribution is -2.16. The molecular weight excluding hydrogens is 272 g/mol. The van der Waals surface area contributed by atoms with Crippen LogP contribution in [0.25, 0.3) is 5.69 Å². The summed E-state index contributed by atoms with van der Waals surface area (Å²) in [6.45, 7) is 0. The first-order chi connectivity index (χ1) is 8.41. The molecule has 0 bridgehead atoms. The fourth-order valence-electron chi connectivity index (χ4n) is 1.44. The minimum atomic E-state index is -4.72. The van der Waals surface area contributed by atoms with Crippen molar-refractivity contribution in [2.24, 2.45) is 0 Å². The molecule has 0 saturated carbocycles. The lowest BCUT2D eigenvalue weighted by Gasteiger charge is -2.11. The Morgan fingerprint density at radius 2 is 1.78 bits per heavy atom. The van der Waals surface area contributed by atoms with Gasteiger partial charge in [-0.2, -0.15) is 22.7 Å². The molecule has 0 N–H and O–H groups in total. The number of nitrogens with zero attached hydrogens (tertiary/aromatic N) is 2. The number of halogens is 5. The first-order valence-corrected chi connectivity index (χ1v) is 5.34. The molecule has 7 heteroatoms. The number of benzene rings is 1. The predicted molar refractivity (Wildman–Crippen MR) is 58.2 cm³/mol. The van der Waals surface area contributed by atoms with Gasteiger partial charge in [0.15, 0.2) is 5.38 Å². The lowest BCUT2D eigenvalue weighted by atomic mass is 10.2. The van der Waals surface area contributed by atoms with Crippen molar-refractivity contribution in [2.75, 3.05) is 0 Å². The van der Waals surface area contributed by atoms with E-state index in [1.165, 1.54) is 12.1 Å². The fraction of sp³-hybridized carbons (Fsp3) is 0.182. The second kappa shape index (κ2) is 4.61. The van der Waals surface area contributed by atoms with Gasteiger partial charge in [-0.15, -0.1) is 11.6 Å². The Morgan fingerprint density at radius 3 is 2.33 bits per heavy atom. The van der Waals surface area contributed by atoms with Gasteiger partial charge in [-0.3, -0.25) is 0 Å².